The summed E-state index contributed by atoms with van der Waals surface area (Å²) in [6.07, 6.45) is 4.52. The number of hydrogen-bond acceptors (Lipinski definition) is 7. The molecule has 0 saturated carbocycles. The highest BCUT2D eigenvalue weighted by molar-refractivity contribution is 6.31. The maximum atomic E-state index is 13.8. The molecular weight excluding hydrogens is 535 g/mol. The second-order valence-electron chi connectivity index (χ2n) is 10.2. The SMILES string of the molecule is C/C(NCN1CCCC(NC(=O)OC(C)(C)C)C1)=C(/NCc1cc(F)ccc1Cl)C(=O)Nc1ccncc1.CC. The normalized spacial score (nSPS) is 16.1. The fourth-order valence-corrected chi connectivity index (χ4v) is 4.17. The summed E-state index contributed by atoms with van der Waals surface area (Å²) in [6.45, 7) is 13.4. The van der Waals surface area contributed by atoms with Gasteiger partial charge in [-0.2, -0.15) is 0 Å². The molecule has 40 heavy (non-hydrogen) atoms. The Hall–Kier alpha value is -3.37. The molecule has 4 N–H and O–H groups in total. The van der Waals surface area contributed by atoms with Crippen LogP contribution < -0.4 is 21.3 Å². The van der Waals surface area contributed by atoms with Crippen molar-refractivity contribution in [3.05, 3.63) is 70.5 Å². The van der Waals surface area contributed by atoms with Gasteiger partial charge in [-0.05, 0) is 83.0 Å². The molecule has 2 heterocycles. The number of nitrogens with one attached hydrogen (secondary N) is 4. The number of aromatic nitrogens is 1. The Morgan fingerprint density at radius 1 is 1.15 bits per heavy atom. The largest absolute Gasteiger partial charge is 0.444 e. The van der Waals surface area contributed by atoms with Gasteiger partial charge >= 0.3 is 6.09 Å². The Morgan fingerprint density at radius 2 is 1.85 bits per heavy atom. The highest BCUT2D eigenvalue weighted by atomic mass is 35.5. The minimum Gasteiger partial charge on any atom is -0.444 e. The summed E-state index contributed by atoms with van der Waals surface area (Å²) in [4.78, 5) is 31.5. The zero-order valence-electron chi connectivity index (χ0n) is 24.2. The van der Waals surface area contributed by atoms with Crippen LogP contribution in [0.2, 0.25) is 5.02 Å². The Kier molecular flexibility index (Phi) is 13.2. The average Bonchev–Trinajstić information content (AvgIpc) is 2.90. The van der Waals surface area contributed by atoms with Gasteiger partial charge in [0, 0.05) is 47.9 Å². The van der Waals surface area contributed by atoms with Crippen molar-refractivity contribution in [1.82, 2.24) is 25.8 Å². The maximum absolute atomic E-state index is 13.8. The molecule has 1 atom stereocenters. The lowest BCUT2D eigenvalue weighted by Gasteiger charge is -2.34. The third-order valence-corrected chi connectivity index (χ3v) is 6.17. The van der Waals surface area contributed by atoms with Crippen molar-refractivity contribution in [3.8, 4) is 0 Å². The zero-order valence-corrected chi connectivity index (χ0v) is 25.0. The van der Waals surface area contributed by atoms with Gasteiger partial charge in [-0.15, -0.1) is 0 Å². The van der Waals surface area contributed by atoms with Crippen molar-refractivity contribution in [1.29, 1.82) is 0 Å². The monoisotopic (exact) mass is 576 g/mol. The van der Waals surface area contributed by atoms with E-state index in [2.05, 4.69) is 31.2 Å². The Balaban J connectivity index is 0.00000274. The lowest BCUT2D eigenvalue weighted by atomic mass is 10.1. The second kappa shape index (κ2) is 16.0. The molecule has 1 fully saturated rings. The zero-order chi connectivity index (χ0) is 29.7. The lowest BCUT2D eigenvalue weighted by molar-refractivity contribution is -0.113. The number of nitrogens with zero attached hydrogens (tertiary/aromatic N) is 2. The van der Waals surface area contributed by atoms with Gasteiger partial charge in [0.15, 0.2) is 0 Å². The predicted molar refractivity (Wildman–Crippen MR) is 157 cm³/mol. The number of carbonyl (C=O) groups is 2. The average molecular weight is 577 g/mol. The van der Waals surface area contributed by atoms with E-state index in [1.165, 1.54) is 18.2 Å². The molecule has 0 radical (unpaired) electrons. The molecule has 1 aromatic heterocycles. The van der Waals surface area contributed by atoms with Crippen molar-refractivity contribution in [2.75, 3.05) is 25.1 Å². The highest BCUT2D eigenvalue weighted by Gasteiger charge is 2.24. The van der Waals surface area contributed by atoms with Crippen LogP contribution in [-0.2, 0) is 16.1 Å². The van der Waals surface area contributed by atoms with Crippen molar-refractivity contribution >= 4 is 29.3 Å². The standard InChI is InChI=1S/C27H36ClFN6O3.C2H6/c1-18(32-17-35-13-5-6-22(16-35)34-26(37)38-27(2,3)4)24(25(36)33-21-9-11-30-12-10-21)31-15-19-14-20(29)7-8-23(19)28;1-2/h7-12,14,22,31-32H,5-6,13,15-17H2,1-4H3,(H,34,37)(H,30,33,36);1-2H3/b24-18-;. The number of alkyl carbamates (subject to hydrolysis) is 1. The number of allylic oxidation sites excluding steroid dienone is 1. The summed E-state index contributed by atoms with van der Waals surface area (Å²) in [5, 5.41) is 12.6. The molecule has 0 spiro atoms. The van der Waals surface area contributed by atoms with E-state index in [1.54, 1.807) is 31.5 Å². The van der Waals surface area contributed by atoms with Crippen LogP contribution in [0, 0.1) is 5.82 Å². The van der Waals surface area contributed by atoms with Crippen molar-refractivity contribution in [2.24, 2.45) is 0 Å². The van der Waals surface area contributed by atoms with Crippen LogP contribution in [0.4, 0.5) is 14.9 Å². The lowest BCUT2D eigenvalue weighted by Crippen LogP contribution is -2.50. The van der Waals surface area contributed by atoms with Gasteiger partial charge in [-0.3, -0.25) is 14.7 Å². The van der Waals surface area contributed by atoms with Gasteiger partial charge in [-0.1, -0.05) is 25.4 Å². The van der Waals surface area contributed by atoms with Crippen LogP contribution in [0.15, 0.2) is 54.1 Å². The van der Waals surface area contributed by atoms with Crippen LogP contribution in [0.3, 0.4) is 0 Å². The van der Waals surface area contributed by atoms with Gasteiger partial charge in [0.25, 0.3) is 5.91 Å². The minimum atomic E-state index is -0.558. The second-order valence-corrected chi connectivity index (χ2v) is 10.6. The smallest absolute Gasteiger partial charge is 0.407 e. The fraction of sp³-hybridized carbons (Fsp3) is 0.483. The van der Waals surface area contributed by atoms with Gasteiger partial charge < -0.3 is 26.0 Å². The number of hydrogen-bond donors (Lipinski definition) is 4. The molecule has 0 aliphatic carbocycles. The van der Waals surface area contributed by atoms with Crippen molar-refractivity contribution in [3.63, 3.8) is 0 Å². The predicted octanol–water partition coefficient (Wildman–Crippen LogP) is 5.40. The van der Waals surface area contributed by atoms with E-state index < -0.39 is 17.5 Å². The molecule has 1 unspecified atom stereocenters. The van der Waals surface area contributed by atoms with E-state index in [0.717, 1.165) is 19.4 Å². The minimum absolute atomic E-state index is 0.0348. The first kappa shape index (κ1) is 32.8. The van der Waals surface area contributed by atoms with E-state index in [4.69, 9.17) is 16.3 Å². The quantitative estimate of drug-likeness (QED) is 0.296. The first-order valence-electron chi connectivity index (χ1n) is 13.6. The first-order chi connectivity index (χ1) is 19.0. The number of rotatable bonds is 9. The third kappa shape index (κ3) is 11.4. The highest BCUT2D eigenvalue weighted by Crippen LogP contribution is 2.18. The number of halogens is 2. The van der Waals surface area contributed by atoms with Crippen LogP contribution in [-0.4, -0.2) is 53.3 Å². The molecule has 1 aliphatic heterocycles. The Morgan fingerprint density at radius 3 is 2.52 bits per heavy atom. The summed E-state index contributed by atoms with van der Waals surface area (Å²) >= 11 is 6.22. The van der Waals surface area contributed by atoms with Gasteiger partial charge in [0.05, 0.1) is 6.67 Å². The van der Waals surface area contributed by atoms with E-state index in [0.29, 0.717) is 40.9 Å². The Bertz CT molecular complexity index is 1140. The van der Waals surface area contributed by atoms with E-state index in [9.17, 15) is 14.0 Å². The number of likely N-dealkylation sites (tertiary alicyclic amines) is 1. The summed E-state index contributed by atoms with van der Waals surface area (Å²) in [6, 6.07) is 7.45. The molecule has 11 heteroatoms. The summed E-state index contributed by atoms with van der Waals surface area (Å²) in [5.41, 5.74) is 1.46. The maximum Gasteiger partial charge on any atom is 0.407 e. The number of ether oxygens (including phenoxy) is 1. The van der Waals surface area contributed by atoms with E-state index in [1.807, 2.05) is 34.6 Å². The number of amides is 2. The van der Waals surface area contributed by atoms with Crippen molar-refractivity contribution < 1.29 is 18.7 Å². The van der Waals surface area contributed by atoms with Crippen LogP contribution >= 0.6 is 11.6 Å². The van der Waals surface area contributed by atoms with Crippen molar-refractivity contribution in [2.45, 2.75) is 72.6 Å². The topological polar surface area (TPSA) is 108 Å². The fourth-order valence-electron chi connectivity index (χ4n) is 3.98. The number of anilines is 1. The molecule has 1 aromatic carbocycles. The van der Waals surface area contributed by atoms with Gasteiger partial charge in [0.2, 0.25) is 0 Å². The molecule has 2 aromatic rings. The van der Waals surface area contributed by atoms with Crippen LogP contribution in [0.1, 0.15) is 59.9 Å². The Labute approximate surface area is 241 Å². The number of carbonyl (C=O) groups excluding carboxylic acids is 2. The summed E-state index contributed by atoms with van der Waals surface area (Å²) in [7, 11) is 0. The first-order valence-corrected chi connectivity index (χ1v) is 13.9. The molecule has 3 rings (SSSR count). The molecular formula is C29H42ClFN6O3. The summed E-state index contributed by atoms with van der Waals surface area (Å²) in [5.74, 6) is -0.774. The van der Waals surface area contributed by atoms with Gasteiger partial charge in [0.1, 0.15) is 17.1 Å². The molecule has 0 bridgehead atoms. The molecule has 220 valence electrons. The summed E-state index contributed by atoms with van der Waals surface area (Å²) < 4.78 is 19.1. The number of benzene rings is 1. The van der Waals surface area contributed by atoms with Gasteiger partial charge in [-0.25, -0.2) is 9.18 Å². The van der Waals surface area contributed by atoms with E-state index in [-0.39, 0.29) is 18.5 Å². The van der Waals surface area contributed by atoms with Crippen LogP contribution in [0.25, 0.3) is 0 Å². The molecule has 1 saturated heterocycles. The molecule has 2 amide bonds. The molecule has 9 nitrogen and oxygen atoms in total. The third-order valence-electron chi connectivity index (χ3n) is 5.80. The molecule has 1 aliphatic rings. The number of pyridine rings is 1. The van der Waals surface area contributed by atoms with Crippen LogP contribution in [0.5, 0.6) is 0 Å². The van der Waals surface area contributed by atoms with E-state index >= 15 is 0 Å². The number of piperidine rings is 1.